The maximum atomic E-state index is 12.1. The Bertz CT molecular complexity index is 642. The average molecular weight is 410 g/mol. The molecule has 0 radical (unpaired) electrons. The number of benzene rings is 1. The van der Waals surface area contributed by atoms with Gasteiger partial charge < -0.3 is 9.47 Å². The molecule has 1 unspecified atom stereocenters. The zero-order chi connectivity index (χ0) is 21.5. The zero-order valence-electron chi connectivity index (χ0n) is 18.4. The molecule has 5 nitrogen and oxygen atoms in total. The Morgan fingerprint density at radius 3 is 2.04 bits per heavy atom. The van der Waals surface area contributed by atoms with Crippen molar-refractivity contribution in [3.63, 3.8) is 0 Å². The highest BCUT2D eigenvalue weighted by molar-refractivity contribution is 8.01. The van der Waals surface area contributed by atoms with Gasteiger partial charge in [-0.1, -0.05) is 46.8 Å². The summed E-state index contributed by atoms with van der Waals surface area (Å²) >= 11 is 1.82. The van der Waals surface area contributed by atoms with E-state index in [1.54, 1.807) is 12.1 Å². The topological polar surface area (TPSA) is 64.6 Å². The van der Waals surface area contributed by atoms with Crippen molar-refractivity contribution in [3.8, 4) is 0 Å². The van der Waals surface area contributed by atoms with Gasteiger partial charge in [0.05, 0.1) is 5.41 Å². The van der Waals surface area contributed by atoms with Crippen molar-refractivity contribution >= 4 is 29.5 Å². The molecule has 0 saturated carbocycles. The fourth-order valence-electron chi connectivity index (χ4n) is 2.18. The van der Waals surface area contributed by atoms with Crippen LogP contribution in [0.2, 0.25) is 0 Å². The van der Waals surface area contributed by atoms with Crippen molar-refractivity contribution in [2.24, 2.45) is 11.3 Å². The molecule has 1 aromatic carbocycles. The molecule has 1 rings (SSSR count). The van der Waals surface area contributed by atoms with Gasteiger partial charge in [0.2, 0.25) is 0 Å². The number of rotatable bonds is 7. The summed E-state index contributed by atoms with van der Waals surface area (Å²) in [6.07, 6.45) is -0.466. The Morgan fingerprint density at radius 1 is 1.00 bits per heavy atom. The molecule has 1 atom stereocenters. The van der Waals surface area contributed by atoms with Crippen molar-refractivity contribution in [1.29, 1.82) is 0 Å². The first kappa shape index (κ1) is 24.3. The van der Waals surface area contributed by atoms with E-state index in [0.29, 0.717) is 18.2 Å². The number of hydrogen-bond donors (Lipinski definition) is 1. The van der Waals surface area contributed by atoms with E-state index in [0.717, 1.165) is 5.56 Å². The minimum absolute atomic E-state index is 0.112. The van der Waals surface area contributed by atoms with Crippen molar-refractivity contribution in [3.05, 3.63) is 29.8 Å². The predicted octanol–water partition coefficient (Wildman–Crippen LogP) is 5.88. The summed E-state index contributed by atoms with van der Waals surface area (Å²) in [5, 5.41) is 2.98. The third kappa shape index (κ3) is 9.49. The van der Waals surface area contributed by atoms with E-state index >= 15 is 0 Å². The van der Waals surface area contributed by atoms with Crippen LogP contribution < -0.4 is 5.32 Å². The van der Waals surface area contributed by atoms with Gasteiger partial charge in [-0.2, -0.15) is 0 Å². The maximum Gasteiger partial charge on any atom is 0.411 e. The van der Waals surface area contributed by atoms with E-state index in [9.17, 15) is 9.59 Å². The molecule has 0 bridgehead atoms. The van der Waals surface area contributed by atoms with Gasteiger partial charge in [0, 0.05) is 15.7 Å². The minimum atomic E-state index is -0.523. The molecule has 0 aliphatic heterocycles. The fourth-order valence-corrected chi connectivity index (χ4v) is 3.49. The summed E-state index contributed by atoms with van der Waals surface area (Å²) in [6, 6.07) is 7.17. The Hall–Kier alpha value is -1.69. The number of thioether (sulfide) groups is 1. The van der Waals surface area contributed by atoms with Crippen LogP contribution in [0.3, 0.4) is 0 Å². The van der Waals surface area contributed by atoms with Crippen molar-refractivity contribution in [2.45, 2.75) is 72.0 Å². The zero-order valence-corrected chi connectivity index (χ0v) is 19.2. The van der Waals surface area contributed by atoms with E-state index in [1.165, 1.54) is 0 Å². The summed E-state index contributed by atoms with van der Waals surface area (Å²) in [6.45, 7) is 16.8. The molecule has 1 N–H and O–H groups in total. The molecule has 0 heterocycles. The molecule has 0 spiro atoms. The summed E-state index contributed by atoms with van der Waals surface area (Å²) in [5.74, 6) is 0.165. The number of carbonyl (C=O) groups excluding carboxylic acids is 2. The van der Waals surface area contributed by atoms with Crippen LogP contribution in [0.15, 0.2) is 24.3 Å². The van der Waals surface area contributed by atoms with Gasteiger partial charge >= 0.3 is 12.1 Å². The Balaban J connectivity index is 2.51. The van der Waals surface area contributed by atoms with E-state index in [4.69, 9.17) is 9.47 Å². The van der Waals surface area contributed by atoms with Crippen molar-refractivity contribution in [2.75, 3.05) is 11.9 Å². The summed E-state index contributed by atoms with van der Waals surface area (Å²) in [4.78, 5) is 23.9. The molecular weight excluding hydrogens is 374 g/mol. The average Bonchev–Trinajstić information content (AvgIpc) is 2.55. The fraction of sp³-hybridized carbons (Fsp3) is 0.636. The van der Waals surface area contributed by atoms with E-state index < -0.39 is 11.5 Å². The van der Waals surface area contributed by atoms with E-state index in [-0.39, 0.29) is 22.6 Å². The lowest BCUT2D eigenvalue weighted by molar-refractivity contribution is -0.154. The second-order valence-corrected chi connectivity index (χ2v) is 11.3. The Morgan fingerprint density at radius 2 is 1.57 bits per heavy atom. The maximum absolute atomic E-state index is 12.1. The largest absolute Gasteiger partial charge is 0.460 e. The van der Waals surface area contributed by atoms with Crippen LogP contribution in [-0.2, 0) is 20.9 Å². The van der Waals surface area contributed by atoms with Crippen molar-refractivity contribution < 1.29 is 19.1 Å². The molecule has 0 aliphatic carbocycles. The molecule has 6 heteroatoms. The van der Waals surface area contributed by atoms with Crippen LogP contribution in [0.1, 0.15) is 61.0 Å². The summed E-state index contributed by atoms with van der Waals surface area (Å²) in [7, 11) is 0. The van der Waals surface area contributed by atoms with Crippen LogP contribution in [0.4, 0.5) is 10.5 Å². The molecule has 1 amide bonds. The lowest BCUT2D eigenvalue weighted by atomic mass is 9.97. The van der Waals surface area contributed by atoms with Gasteiger partial charge in [0.15, 0.2) is 0 Å². The van der Waals surface area contributed by atoms with Crippen LogP contribution in [-0.4, -0.2) is 28.7 Å². The molecular formula is C22H35NO4S. The number of anilines is 1. The molecule has 0 aliphatic rings. The quantitative estimate of drug-likeness (QED) is 0.570. The molecule has 28 heavy (non-hydrogen) atoms. The second kappa shape index (κ2) is 10.2. The molecule has 0 saturated heterocycles. The number of hydrogen-bond acceptors (Lipinski definition) is 5. The number of amides is 1. The van der Waals surface area contributed by atoms with Gasteiger partial charge in [0.25, 0.3) is 0 Å². The third-order valence-electron chi connectivity index (χ3n) is 3.81. The monoisotopic (exact) mass is 409 g/mol. The smallest absolute Gasteiger partial charge is 0.411 e. The first-order chi connectivity index (χ1) is 12.8. The number of ether oxygens (including phenoxy) is 2. The normalized spacial score (nSPS) is 13.2. The summed E-state index contributed by atoms with van der Waals surface area (Å²) in [5.41, 5.74) is 0.975. The SMILES string of the molecule is CC(C)C(COC(=O)Nc1ccc(COC(=O)C(C)(C)C)cc1)SC(C)(C)C. The predicted molar refractivity (Wildman–Crippen MR) is 117 cm³/mol. The molecule has 1 aromatic rings. The first-order valence-corrected chi connectivity index (χ1v) is 10.5. The molecule has 158 valence electrons. The van der Waals surface area contributed by atoms with Gasteiger partial charge in [-0.25, -0.2) is 4.79 Å². The van der Waals surface area contributed by atoms with E-state index in [2.05, 4.69) is 39.9 Å². The van der Waals surface area contributed by atoms with Gasteiger partial charge in [-0.15, -0.1) is 11.8 Å². The van der Waals surface area contributed by atoms with Crippen LogP contribution in [0.25, 0.3) is 0 Å². The second-order valence-electron chi connectivity index (χ2n) is 9.26. The number of esters is 1. The lowest BCUT2D eigenvalue weighted by Gasteiger charge is -2.28. The minimum Gasteiger partial charge on any atom is -0.460 e. The Kier molecular flexibility index (Phi) is 8.86. The third-order valence-corrected chi connectivity index (χ3v) is 5.50. The number of nitrogens with one attached hydrogen (secondary N) is 1. The van der Waals surface area contributed by atoms with E-state index in [1.807, 2.05) is 44.7 Å². The van der Waals surface area contributed by atoms with Crippen LogP contribution in [0, 0.1) is 11.3 Å². The standard InChI is InChI=1S/C22H35NO4S/c1-15(2)18(28-22(6,7)8)14-27-20(25)23-17-11-9-16(10-12-17)13-26-19(24)21(3,4)5/h9-12,15,18H,13-14H2,1-8H3,(H,23,25). The highest BCUT2D eigenvalue weighted by Gasteiger charge is 2.24. The molecule has 0 aromatic heterocycles. The van der Waals surface area contributed by atoms with Crippen LogP contribution in [0.5, 0.6) is 0 Å². The molecule has 0 fully saturated rings. The highest BCUT2D eigenvalue weighted by Crippen LogP contribution is 2.32. The lowest BCUT2D eigenvalue weighted by Crippen LogP contribution is -2.27. The Labute approximate surface area is 173 Å². The summed E-state index contributed by atoms with van der Waals surface area (Å²) < 4.78 is 10.8. The van der Waals surface area contributed by atoms with Gasteiger partial charge in [0.1, 0.15) is 13.2 Å². The van der Waals surface area contributed by atoms with Gasteiger partial charge in [-0.05, 0) is 44.4 Å². The van der Waals surface area contributed by atoms with Crippen LogP contribution >= 0.6 is 11.8 Å². The number of carbonyl (C=O) groups is 2. The first-order valence-electron chi connectivity index (χ1n) is 9.65. The van der Waals surface area contributed by atoms with Crippen molar-refractivity contribution in [1.82, 2.24) is 0 Å². The highest BCUT2D eigenvalue weighted by atomic mass is 32.2. The van der Waals surface area contributed by atoms with Gasteiger partial charge in [-0.3, -0.25) is 10.1 Å².